The third-order valence-corrected chi connectivity index (χ3v) is 7.03. The van der Waals surface area contributed by atoms with E-state index in [9.17, 15) is 13.2 Å². The van der Waals surface area contributed by atoms with Gasteiger partial charge in [0.05, 0.1) is 33.9 Å². The maximum Gasteiger partial charge on any atom is 0.310 e. The standard InChI is InChI=1S/C11H14BrNO5S2/c1-6-9(3-10(12)19-6)20(16,17)13(2)8-5-18-4-7(8)11(14)15/h3,7-8H,4-5H2,1-2H3,(H,14,15). The minimum Gasteiger partial charge on any atom is -0.481 e. The second-order valence-corrected chi connectivity index (χ2v) is 9.14. The second-order valence-electron chi connectivity index (χ2n) is 4.54. The third-order valence-electron chi connectivity index (χ3n) is 3.33. The van der Waals surface area contributed by atoms with Gasteiger partial charge < -0.3 is 9.84 Å². The van der Waals surface area contributed by atoms with Gasteiger partial charge in [0, 0.05) is 11.9 Å². The molecule has 2 rings (SSSR count). The number of thiophene rings is 1. The molecule has 20 heavy (non-hydrogen) atoms. The molecule has 9 heteroatoms. The van der Waals surface area contributed by atoms with Gasteiger partial charge in [-0.25, -0.2) is 8.42 Å². The number of hydrogen-bond acceptors (Lipinski definition) is 5. The Morgan fingerprint density at radius 1 is 1.55 bits per heavy atom. The lowest BCUT2D eigenvalue weighted by Gasteiger charge is -2.25. The van der Waals surface area contributed by atoms with Crippen molar-refractivity contribution >= 4 is 43.3 Å². The van der Waals surface area contributed by atoms with E-state index >= 15 is 0 Å². The Morgan fingerprint density at radius 3 is 2.70 bits per heavy atom. The molecule has 0 aliphatic carbocycles. The number of sulfonamides is 1. The van der Waals surface area contributed by atoms with E-state index in [-0.39, 0.29) is 18.1 Å². The van der Waals surface area contributed by atoms with Crippen LogP contribution in [0.15, 0.2) is 14.7 Å². The molecule has 1 aromatic rings. The van der Waals surface area contributed by atoms with Gasteiger partial charge in [0.2, 0.25) is 10.0 Å². The van der Waals surface area contributed by atoms with Gasteiger partial charge in [-0.1, -0.05) is 0 Å². The first-order valence-corrected chi connectivity index (χ1v) is 8.84. The van der Waals surface area contributed by atoms with Crippen LogP contribution >= 0.6 is 27.3 Å². The quantitative estimate of drug-likeness (QED) is 0.852. The number of aliphatic carboxylic acids is 1. The molecule has 2 unspecified atom stereocenters. The smallest absolute Gasteiger partial charge is 0.310 e. The van der Waals surface area contributed by atoms with E-state index in [2.05, 4.69) is 15.9 Å². The van der Waals surface area contributed by atoms with Gasteiger partial charge in [-0.3, -0.25) is 4.79 Å². The monoisotopic (exact) mass is 383 g/mol. The summed E-state index contributed by atoms with van der Waals surface area (Å²) in [5, 5.41) is 9.12. The van der Waals surface area contributed by atoms with E-state index in [1.807, 2.05) is 0 Å². The summed E-state index contributed by atoms with van der Waals surface area (Å²) in [5.41, 5.74) is 0. The van der Waals surface area contributed by atoms with Gasteiger partial charge >= 0.3 is 5.97 Å². The van der Waals surface area contributed by atoms with Crippen LogP contribution in [-0.2, 0) is 19.6 Å². The van der Waals surface area contributed by atoms with Crippen LogP contribution in [0.2, 0.25) is 0 Å². The van der Waals surface area contributed by atoms with E-state index in [4.69, 9.17) is 9.84 Å². The molecule has 1 aromatic heterocycles. The molecule has 0 spiro atoms. The SMILES string of the molecule is Cc1sc(Br)cc1S(=O)(=O)N(C)C1COCC1C(=O)O. The van der Waals surface area contributed by atoms with Gasteiger partial charge in [-0.15, -0.1) is 11.3 Å². The Hall–Kier alpha value is -0.480. The lowest BCUT2D eigenvalue weighted by Crippen LogP contribution is -2.44. The first-order valence-electron chi connectivity index (χ1n) is 5.79. The number of hydrogen-bond donors (Lipinski definition) is 1. The van der Waals surface area contributed by atoms with Crippen LogP contribution in [0.3, 0.4) is 0 Å². The van der Waals surface area contributed by atoms with Crippen molar-refractivity contribution < 1.29 is 23.1 Å². The summed E-state index contributed by atoms with van der Waals surface area (Å²) in [7, 11) is -2.33. The molecule has 0 aromatic carbocycles. The molecular weight excluding hydrogens is 370 g/mol. The van der Waals surface area contributed by atoms with Crippen molar-refractivity contribution in [2.75, 3.05) is 20.3 Å². The number of rotatable bonds is 4. The molecule has 112 valence electrons. The van der Waals surface area contributed by atoms with Crippen LogP contribution in [0.4, 0.5) is 0 Å². The summed E-state index contributed by atoms with van der Waals surface area (Å²) in [6, 6.07) is 0.854. The highest BCUT2D eigenvalue weighted by Crippen LogP contribution is 2.33. The molecule has 1 aliphatic heterocycles. The van der Waals surface area contributed by atoms with Crippen molar-refractivity contribution in [1.82, 2.24) is 4.31 Å². The predicted molar refractivity (Wildman–Crippen MR) is 77.4 cm³/mol. The molecule has 6 nitrogen and oxygen atoms in total. The number of ether oxygens (including phenoxy) is 1. The van der Waals surface area contributed by atoms with Crippen molar-refractivity contribution in [2.45, 2.75) is 17.9 Å². The van der Waals surface area contributed by atoms with Crippen LogP contribution in [0, 0.1) is 12.8 Å². The predicted octanol–water partition coefficient (Wildman–Crippen LogP) is 1.54. The Bertz CT molecular complexity index is 627. The van der Waals surface area contributed by atoms with Gasteiger partial charge in [0.15, 0.2) is 0 Å². The minimum absolute atomic E-state index is 0.0339. The molecular formula is C11H14BrNO5S2. The number of nitrogens with zero attached hydrogens (tertiary/aromatic N) is 1. The number of carboxylic acids is 1. The summed E-state index contributed by atoms with van der Waals surface area (Å²) in [4.78, 5) is 12.0. The van der Waals surface area contributed by atoms with Crippen molar-refractivity contribution in [3.05, 3.63) is 14.7 Å². The average Bonchev–Trinajstić information content (AvgIpc) is 2.94. The highest BCUT2D eigenvalue weighted by atomic mass is 79.9. The molecule has 1 aliphatic rings. The molecule has 0 amide bonds. The van der Waals surface area contributed by atoms with Crippen molar-refractivity contribution in [1.29, 1.82) is 0 Å². The number of carboxylic acid groups (broad SMARTS) is 1. The maximum atomic E-state index is 12.6. The fraction of sp³-hybridized carbons (Fsp3) is 0.545. The number of likely N-dealkylation sites (N-methyl/N-ethyl adjacent to an activating group) is 1. The fourth-order valence-electron chi connectivity index (χ4n) is 2.16. The molecule has 1 saturated heterocycles. The number of halogens is 1. The maximum absolute atomic E-state index is 12.6. The Kier molecular flexibility index (Phi) is 4.55. The zero-order valence-electron chi connectivity index (χ0n) is 10.9. The van der Waals surface area contributed by atoms with Gasteiger partial charge in [-0.2, -0.15) is 4.31 Å². The van der Waals surface area contributed by atoms with Crippen LogP contribution in [0.1, 0.15) is 4.88 Å². The van der Waals surface area contributed by atoms with E-state index in [0.717, 1.165) is 8.09 Å². The van der Waals surface area contributed by atoms with Crippen LogP contribution in [0.25, 0.3) is 0 Å². The molecule has 0 saturated carbocycles. The first kappa shape index (κ1) is 15.9. The molecule has 2 atom stereocenters. The normalized spacial score (nSPS) is 23.4. The highest BCUT2D eigenvalue weighted by Gasteiger charge is 2.42. The molecule has 0 bridgehead atoms. The summed E-state index contributed by atoms with van der Waals surface area (Å²) in [6.45, 7) is 1.85. The minimum atomic E-state index is -3.73. The van der Waals surface area contributed by atoms with Crippen LogP contribution in [-0.4, -0.2) is 50.1 Å². The van der Waals surface area contributed by atoms with Crippen LogP contribution < -0.4 is 0 Å². The molecule has 1 fully saturated rings. The summed E-state index contributed by atoms with van der Waals surface area (Å²) in [5.74, 6) is -1.88. The van der Waals surface area contributed by atoms with Crippen molar-refractivity contribution in [3.63, 3.8) is 0 Å². The number of carbonyl (C=O) groups is 1. The Morgan fingerprint density at radius 2 is 2.20 bits per heavy atom. The zero-order chi connectivity index (χ0) is 15.1. The summed E-state index contributed by atoms with van der Waals surface area (Å²) >= 11 is 4.59. The number of aryl methyl sites for hydroxylation is 1. The third kappa shape index (κ3) is 2.77. The van der Waals surface area contributed by atoms with Crippen LogP contribution in [0.5, 0.6) is 0 Å². The van der Waals surface area contributed by atoms with E-state index in [0.29, 0.717) is 4.88 Å². The van der Waals surface area contributed by atoms with E-state index < -0.39 is 28.0 Å². The second kappa shape index (κ2) is 5.72. The molecule has 1 N–H and O–H groups in total. The van der Waals surface area contributed by atoms with Crippen molar-refractivity contribution in [3.8, 4) is 0 Å². The lowest BCUT2D eigenvalue weighted by atomic mass is 10.1. The fourth-order valence-corrected chi connectivity index (χ4v) is 5.92. The Balaban J connectivity index is 2.34. The van der Waals surface area contributed by atoms with E-state index in [1.54, 1.807) is 6.92 Å². The average molecular weight is 384 g/mol. The lowest BCUT2D eigenvalue weighted by molar-refractivity contribution is -0.142. The first-order chi connectivity index (χ1) is 9.25. The summed E-state index contributed by atoms with van der Waals surface area (Å²) < 4.78 is 32.1. The highest BCUT2D eigenvalue weighted by molar-refractivity contribution is 9.11. The largest absolute Gasteiger partial charge is 0.481 e. The Labute approximate surface area is 129 Å². The van der Waals surface area contributed by atoms with Crippen molar-refractivity contribution in [2.24, 2.45) is 5.92 Å². The van der Waals surface area contributed by atoms with Gasteiger partial charge in [0.1, 0.15) is 0 Å². The van der Waals surface area contributed by atoms with Gasteiger partial charge in [0.25, 0.3) is 0 Å². The molecule has 0 radical (unpaired) electrons. The zero-order valence-corrected chi connectivity index (χ0v) is 14.1. The van der Waals surface area contributed by atoms with E-state index in [1.165, 1.54) is 24.5 Å². The summed E-state index contributed by atoms with van der Waals surface area (Å²) in [6.07, 6.45) is 0. The van der Waals surface area contributed by atoms with Gasteiger partial charge in [-0.05, 0) is 28.9 Å². The molecule has 2 heterocycles. The topological polar surface area (TPSA) is 83.9 Å².